The van der Waals surface area contributed by atoms with Gasteiger partial charge in [-0.1, -0.05) is 33.6 Å². The average Bonchev–Trinajstić information content (AvgIpc) is 2.39. The van der Waals surface area contributed by atoms with Crippen molar-refractivity contribution in [2.75, 3.05) is 20.1 Å². The summed E-state index contributed by atoms with van der Waals surface area (Å²) in [5.41, 5.74) is -0.429. The molecule has 0 aromatic heterocycles. The number of amides is 2. The smallest absolute Gasteiger partial charge is 0.225 e. The largest absolute Gasteiger partial charge is 0.393 e. The van der Waals surface area contributed by atoms with Crippen molar-refractivity contribution in [1.29, 1.82) is 0 Å². The van der Waals surface area contributed by atoms with Crippen LogP contribution >= 0.6 is 0 Å². The summed E-state index contributed by atoms with van der Waals surface area (Å²) >= 11 is 0. The lowest BCUT2D eigenvalue weighted by Crippen LogP contribution is -2.40. The summed E-state index contributed by atoms with van der Waals surface area (Å²) in [6.07, 6.45) is 4.06. The van der Waals surface area contributed by atoms with Crippen LogP contribution in [0.25, 0.3) is 0 Å². The van der Waals surface area contributed by atoms with Crippen molar-refractivity contribution in [2.45, 2.75) is 59.0 Å². The highest BCUT2D eigenvalue weighted by Crippen LogP contribution is 2.24. The SMILES string of the molecule is CN(CC1CCCCC1O)C(=O)CCNC(=O)C(C)(C)C. The van der Waals surface area contributed by atoms with Gasteiger partial charge in [0.15, 0.2) is 0 Å². The van der Waals surface area contributed by atoms with Crippen molar-refractivity contribution in [1.82, 2.24) is 10.2 Å². The minimum absolute atomic E-state index is 0.0157. The third kappa shape index (κ3) is 6.04. The first-order valence-corrected chi connectivity index (χ1v) is 7.92. The van der Waals surface area contributed by atoms with E-state index in [1.54, 1.807) is 11.9 Å². The molecule has 0 aliphatic heterocycles. The van der Waals surface area contributed by atoms with E-state index in [4.69, 9.17) is 0 Å². The van der Waals surface area contributed by atoms with Crippen LogP contribution in [0.15, 0.2) is 0 Å². The Kier molecular flexibility index (Phi) is 6.65. The lowest BCUT2D eigenvalue weighted by atomic mass is 9.86. The van der Waals surface area contributed by atoms with Crippen LogP contribution in [0.1, 0.15) is 52.9 Å². The summed E-state index contributed by atoms with van der Waals surface area (Å²) in [6.45, 7) is 6.52. The van der Waals surface area contributed by atoms with Crippen LogP contribution < -0.4 is 5.32 Å². The van der Waals surface area contributed by atoms with Crippen molar-refractivity contribution < 1.29 is 14.7 Å². The summed E-state index contributed by atoms with van der Waals surface area (Å²) in [7, 11) is 1.77. The molecule has 1 aliphatic carbocycles. The van der Waals surface area contributed by atoms with Gasteiger partial charge in [0, 0.05) is 37.9 Å². The van der Waals surface area contributed by atoms with Gasteiger partial charge in [-0.25, -0.2) is 0 Å². The molecule has 0 spiro atoms. The molecule has 1 rings (SSSR count). The third-order valence-corrected chi connectivity index (χ3v) is 4.11. The molecule has 2 amide bonds. The summed E-state index contributed by atoms with van der Waals surface area (Å²) in [5, 5.41) is 12.7. The van der Waals surface area contributed by atoms with Crippen molar-refractivity contribution in [3.05, 3.63) is 0 Å². The number of aliphatic hydroxyl groups excluding tert-OH is 1. The molecular weight excluding hydrogens is 268 g/mol. The predicted molar refractivity (Wildman–Crippen MR) is 82.7 cm³/mol. The molecule has 0 heterocycles. The maximum absolute atomic E-state index is 12.0. The molecule has 2 N–H and O–H groups in total. The van der Waals surface area contributed by atoms with E-state index in [-0.39, 0.29) is 23.8 Å². The Morgan fingerprint density at radius 1 is 1.24 bits per heavy atom. The number of aliphatic hydroxyl groups is 1. The second-order valence-corrected chi connectivity index (χ2v) is 7.14. The predicted octanol–water partition coefficient (Wildman–Crippen LogP) is 1.55. The highest BCUT2D eigenvalue weighted by atomic mass is 16.3. The molecule has 1 fully saturated rings. The van der Waals surface area contributed by atoms with Crippen LogP contribution in [0.4, 0.5) is 0 Å². The monoisotopic (exact) mass is 298 g/mol. The van der Waals surface area contributed by atoms with Gasteiger partial charge in [0.2, 0.25) is 11.8 Å². The molecule has 2 atom stereocenters. The van der Waals surface area contributed by atoms with Crippen LogP contribution in [0, 0.1) is 11.3 Å². The average molecular weight is 298 g/mol. The fourth-order valence-electron chi connectivity index (χ4n) is 2.59. The quantitative estimate of drug-likeness (QED) is 0.809. The first kappa shape index (κ1) is 18.0. The van der Waals surface area contributed by atoms with Crippen molar-refractivity contribution in [3.63, 3.8) is 0 Å². The lowest BCUT2D eigenvalue weighted by Gasteiger charge is -2.31. The van der Waals surface area contributed by atoms with Crippen molar-refractivity contribution in [2.24, 2.45) is 11.3 Å². The zero-order chi connectivity index (χ0) is 16.0. The van der Waals surface area contributed by atoms with Gasteiger partial charge in [-0.2, -0.15) is 0 Å². The topological polar surface area (TPSA) is 69.6 Å². The van der Waals surface area contributed by atoms with Gasteiger partial charge >= 0.3 is 0 Å². The summed E-state index contributed by atoms with van der Waals surface area (Å²) in [6, 6.07) is 0. The van der Waals surface area contributed by atoms with E-state index in [1.807, 2.05) is 20.8 Å². The maximum Gasteiger partial charge on any atom is 0.225 e. The third-order valence-electron chi connectivity index (χ3n) is 4.11. The zero-order valence-corrected chi connectivity index (χ0v) is 13.8. The molecule has 0 radical (unpaired) electrons. The Hall–Kier alpha value is -1.10. The van der Waals surface area contributed by atoms with E-state index in [0.717, 1.165) is 25.7 Å². The summed E-state index contributed by atoms with van der Waals surface area (Å²) in [5.74, 6) is 0.166. The number of rotatable bonds is 5. The number of nitrogens with zero attached hydrogens (tertiary/aromatic N) is 1. The second kappa shape index (κ2) is 7.78. The van der Waals surface area contributed by atoms with Gasteiger partial charge in [-0.05, 0) is 12.8 Å². The van der Waals surface area contributed by atoms with Crippen LogP contribution in [-0.2, 0) is 9.59 Å². The Morgan fingerprint density at radius 3 is 2.43 bits per heavy atom. The fraction of sp³-hybridized carbons (Fsp3) is 0.875. The molecule has 21 heavy (non-hydrogen) atoms. The fourth-order valence-corrected chi connectivity index (χ4v) is 2.59. The maximum atomic E-state index is 12.0. The Morgan fingerprint density at radius 2 is 1.86 bits per heavy atom. The zero-order valence-electron chi connectivity index (χ0n) is 13.8. The molecular formula is C16H30N2O3. The highest BCUT2D eigenvalue weighted by molar-refractivity contribution is 5.82. The van der Waals surface area contributed by atoms with E-state index < -0.39 is 5.41 Å². The summed E-state index contributed by atoms with van der Waals surface area (Å²) in [4.78, 5) is 25.4. The molecule has 1 saturated carbocycles. The number of nitrogens with one attached hydrogen (secondary N) is 1. The molecule has 0 bridgehead atoms. The van der Waals surface area contributed by atoms with Gasteiger partial charge in [-0.15, -0.1) is 0 Å². The molecule has 0 aromatic carbocycles. The van der Waals surface area contributed by atoms with Crippen molar-refractivity contribution >= 4 is 11.8 Å². The van der Waals surface area contributed by atoms with E-state index in [1.165, 1.54) is 0 Å². The Bertz CT molecular complexity index is 363. The first-order valence-electron chi connectivity index (χ1n) is 7.92. The molecule has 0 aromatic rings. The minimum Gasteiger partial charge on any atom is -0.393 e. The van der Waals surface area contributed by atoms with Crippen molar-refractivity contribution in [3.8, 4) is 0 Å². The van der Waals surface area contributed by atoms with Gasteiger partial charge in [-0.3, -0.25) is 9.59 Å². The van der Waals surface area contributed by atoms with E-state index >= 15 is 0 Å². The second-order valence-electron chi connectivity index (χ2n) is 7.14. The van der Waals surface area contributed by atoms with E-state index in [0.29, 0.717) is 19.5 Å². The van der Waals surface area contributed by atoms with Gasteiger partial charge in [0.25, 0.3) is 0 Å². The van der Waals surface area contributed by atoms with Gasteiger partial charge in [0.1, 0.15) is 0 Å². The molecule has 5 heteroatoms. The van der Waals surface area contributed by atoms with Gasteiger partial charge < -0.3 is 15.3 Å². The normalized spacial score (nSPS) is 22.7. The first-order chi connectivity index (χ1) is 9.71. The van der Waals surface area contributed by atoms with Crippen LogP contribution in [0.2, 0.25) is 0 Å². The number of hydrogen-bond acceptors (Lipinski definition) is 3. The standard InChI is InChI=1S/C16H30N2O3/c1-16(2,3)15(21)17-10-9-14(20)18(4)11-12-7-5-6-8-13(12)19/h12-13,19H,5-11H2,1-4H3,(H,17,21). The molecule has 2 unspecified atom stereocenters. The Balaban J connectivity index is 2.29. The number of carbonyl (C=O) groups excluding carboxylic acids is 2. The van der Waals surface area contributed by atoms with Crippen LogP contribution in [-0.4, -0.2) is 48.1 Å². The summed E-state index contributed by atoms with van der Waals surface area (Å²) < 4.78 is 0. The van der Waals surface area contributed by atoms with Crippen LogP contribution in [0.5, 0.6) is 0 Å². The minimum atomic E-state index is -0.429. The van der Waals surface area contributed by atoms with Gasteiger partial charge in [0.05, 0.1) is 6.10 Å². The number of hydrogen-bond donors (Lipinski definition) is 2. The Labute approximate surface area is 128 Å². The molecule has 122 valence electrons. The van der Waals surface area contributed by atoms with E-state index in [2.05, 4.69) is 5.32 Å². The van der Waals surface area contributed by atoms with Crippen LogP contribution in [0.3, 0.4) is 0 Å². The van der Waals surface area contributed by atoms with E-state index in [9.17, 15) is 14.7 Å². The number of carbonyl (C=O) groups is 2. The highest BCUT2D eigenvalue weighted by Gasteiger charge is 2.26. The lowest BCUT2D eigenvalue weighted by molar-refractivity contribution is -0.131. The molecule has 1 aliphatic rings. The molecule has 0 saturated heterocycles. The molecule has 5 nitrogen and oxygen atoms in total.